The van der Waals surface area contributed by atoms with Gasteiger partial charge in [-0.25, -0.2) is 17.5 Å². The van der Waals surface area contributed by atoms with Crippen LogP contribution in [0.2, 0.25) is 0 Å². The zero-order valence-electron chi connectivity index (χ0n) is 19.4. The third kappa shape index (κ3) is 3.94. The third-order valence-electron chi connectivity index (χ3n) is 7.65. The topological polar surface area (TPSA) is 111 Å². The number of aliphatic hydroxyl groups excluding tert-OH is 1. The van der Waals surface area contributed by atoms with Crippen LogP contribution in [0.4, 0.5) is 9.39 Å². The second kappa shape index (κ2) is 9.16. The van der Waals surface area contributed by atoms with Gasteiger partial charge in [0.15, 0.2) is 16.8 Å². The molecule has 4 aliphatic rings. The van der Waals surface area contributed by atoms with Gasteiger partial charge < -0.3 is 15.3 Å². The molecule has 0 saturated heterocycles. The first-order chi connectivity index (χ1) is 17.3. The Morgan fingerprint density at radius 2 is 2.06 bits per heavy atom. The summed E-state index contributed by atoms with van der Waals surface area (Å²) in [5, 5.41) is 17.0. The highest BCUT2D eigenvalue weighted by molar-refractivity contribution is 7.84. The number of nitrogens with one attached hydrogen (secondary N) is 2. The SMILES string of the molecule is CS(=O)NCc1csc2c1S(=O)N=C(C1=C(O)[C@@H]3C4CC[C@H](C4)[C@@H]3N(Cc3ccc(F)cc3)C1=O)N2. The highest BCUT2D eigenvalue weighted by atomic mass is 32.2. The Morgan fingerprint density at radius 1 is 1.31 bits per heavy atom. The number of amidine groups is 1. The van der Waals surface area contributed by atoms with Gasteiger partial charge in [-0.1, -0.05) is 12.1 Å². The van der Waals surface area contributed by atoms with E-state index >= 15 is 0 Å². The summed E-state index contributed by atoms with van der Waals surface area (Å²) in [5.74, 6) is -0.177. The van der Waals surface area contributed by atoms with Crippen LogP contribution in [0.15, 0.2) is 50.3 Å². The monoisotopic (exact) mass is 548 g/mol. The summed E-state index contributed by atoms with van der Waals surface area (Å²) in [6.07, 6.45) is 4.49. The van der Waals surface area contributed by atoms with E-state index in [0.29, 0.717) is 22.4 Å². The molecule has 1 aromatic heterocycles. The minimum Gasteiger partial charge on any atom is -0.511 e. The molecule has 6 rings (SSSR count). The number of carbonyl (C=O) groups is 1. The number of benzene rings is 1. The Kier molecular flexibility index (Phi) is 6.09. The van der Waals surface area contributed by atoms with Crippen LogP contribution in [0, 0.1) is 23.6 Å². The first kappa shape index (κ1) is 24.0. The van der Waals surface area contributed by atoms with E-state index in [0.717, 1.165) is 30.4 Å². The van der Waals surface area contributed by atoms with E-state index in [2.05, 4.69) is 14.4 Å². The number of hydrogen-bond acceptors (Lipinski definition) is 6. The summed E-state index contributed by atoms with van der Waals surface area (Å²) in [5.41, 5.74) is 1.59. The van der Waals surface area contributed by atoms with Gasteiger partial charge in [0.05, 0.1) is 11.0 Å². The minimum absolute atomic E-state index is 0.0269. The number of rotatable bonds is 6. The van der Waals surface area contributed by atoms with E-state index in [1.807, 2.05) is 5.38 Å². The summed E-state index contributed by atoms with van der Waals surface area (Å²) < 4.78 is 45.2. The average Bonchev–Trinajstić information content (AvgIpc) is 3.57. The number of nitrogens with zero attached hydrogens (tertiary/aromatic N) is 2. The van der Waals surface area contributed by atoms with Crippen molar-refractivity contribution in [2.75, 3.05) is 11.6 Å². The first-order valence-corrected chi connectivity index (χ1v) is 15.3. The van der Waals surface area contributed by atoms with Gasteiger partial charge in [0.1, 0.15) is 27.0 Å². The van der Waals surface area contributed by atoms with Crippen molar-refractivity contribution in [1.82, 2.24) is 9.62 Å². The second-order valence-electron chi connectivity index (χ2n) is 9.68. The number of amides is 1. The van der Waals surface area contributed by atoms with Crippen molar-refractivity contribution in [3.8, 4) is 0 Å². The normalized spacial score (nSPS) is 29.6. The van der Waals surface area contributed by atoms with Gasteiger partial charge in [0.25, 0.3) is 5.91 Å². The molecule has 3 heterocycles. The summed E-state index contributed by atoms with van der Waals surface area (Å²) in [6, 6.07) is 5.98. The molecule has 6 atom stereocenters. The molecule has 12 heteroatoms. The van der Waals surface area contributed by atoms with Crippen LogP contribution in [0.3, 0.4) is 0 Å². The lowest BCUT2D eigenvalue weighted by atomic mass is 9.77. The number of fused-ring (bicyclic) bond motifs is 6. The summed E-state index contributed by atoms with van der Waals surface area (Å²) in [4.78, 5) is 16.2. The fourth-order valence-electron chi connectivity index (χ4n) is 6.17. The molecular formula is C24H25FN4O4S3. The second-order valence-corrected chi connectivity index (χ2v) is 12.8. The lowest BCUT2D eigenvalue weighted by Crippen LogP contribution is -2.53. The first-order valence-electron chi connectivity index (χ1n) is 11.8. The molecule has 0 spiro atoms. The molecule has 2 aliphatic carbocycles. The molecule has 1 amide bonds. The van der Waals surface area contributed by atoms with Gasteiger partial charge in [-0.15, -0.1) is 11.3 Å². The number of halogens is 1. The van der Waals surface area contributed by atoms with E-state index in [4.69, 9.17) is 0 Å². The van der Waals surface area contributed by atoms with Crippen molar-refractivity contribution in [2.24, 2.45) is 22.2 Å². The quantitative estimate of drug-likeness (QED) is 0.513. The van der Waals surface area contributed by atoms with Gasteiger partial charge >= 0.3 is 0 Å². The van der Waals surface area contributed by atoms with E-state index < -0.39 is 22.0 Å². The maximum atomic E-state index is 13.9. The van der Waals surface area contributed by atoms with Gasteiger partial charge in [-0.3, -0.25) is 4.79 Å². The lowest BCUT2D eigenvalue weighted by Gasteiger charge is -2.44. The molecule has 3 N–H and O–H groups in total. The van der Waals surface area contributed by atoms with E-state index in [-0.39, 0.29) is 53.3 Å². The Bertz CT molecular complexity index is 1360. The van der Waals surface area contributed by atoms with Crippen LogP contribution in [0.25, 0.3) is 0 Å². The maximum Gasteiger partial charge on any atom is 0.261 e. The summed E-state index contributed by atoms with van der Waals surface area (Å²) >= 11 is 1.33. The molecule has 2 saturated carbocycles. The Labute approximate surface area is 216 Å². The smallest absolute Gasteiger partial charge is 0.261 e. The largest absolute Gasteiger partial charge is 0.511 e. The number of anilines is 1. The van der Waals surface area contributed by atoms with Crippen molar-refractivity contribution < 1.29 is 22.7 Å². The standard InChI is InChI=1S/C24H25FN4O4S3/c1-35(32)26-9-15-11-34-23-21(15)36(33)28-22(27-23)18-20(30)17-13-4-5-14(8-13)19(17)29(24(18)31)10-12-2-6-16(25)7-3-12/h2-3,6-7,11,13-14,17,19,26,30H,4-5,8-10H2,1H3,(H,27,28)/t13?,14-,17-,19+,35?,36?/m1/s1. The lowest BCUT2D eigenvalue weighted by molar-refractivity contribution is -0.134. The van der Waals surface area contributed by atoms with E-state index in [1.165, 1.54) is 29.7 Å². The molecule has 2 aliphatic heterocycles. The Morgan fingerprint density at radius 3 is 2.81 bits per heavy atom. The fraction of sp³-hybridized carbons (Fsp3) is 0.417. The third-order valence-corrected chi connectivity index (χ3v) is 10.4. The highest BCUT2D eigenvalue weighted by Gasteiger charge is 2.57. The molecular weight excluding hydrogens is 523 g/mol. The molecule has 2 aromatic rings. The van der Waals surface area contributed by atoms with Crippen LogP contribution in [0.5, 0.6) is 0 Å². The van der Waals surface area contributed by atoms with Crippen molar-refractivity contribution in [3.05, 3.63) is 57.9 Å². The van der Waals surface area contributed by atoms with Crippen molar-refractivity contribution >= 4 is 50.1 Å². The molecule has 2 fully saturated rings. The summed E-state index contributed by atoms with van der Waals surface area (Å²) in [7, 11) is -3.01. The minimum atomic E-state index is -1.79. The van der Waals surface area contributed by atoms with Crippen LogP contribution >= 0.6 is 11.3 Å². The number of thiophene rings is 1. The molecule has 1 aromatic carbocycles. The number of carbonyl (C=O) groups excluding carboxylic acids is 1. The molecule has 2 bridgehead atoms. The summed E-state index contributed by atoms with van der Waals surface area (Å²) in [6.45, 7) is 0.573. The van der Waals surface area contributed by atoms with Gasteiger partial charge in [0, 0.05) is 31.3 Å². The van der Waals surface area contributed by atoms with Crippen LogP contribution in [-0.4, -0.2) is 42.5 Å². The van der Waals surface area contributed by atoms with Gasteiger partial charge in [-0.2, -0.15) is 4.40 Å². The molecule has 0 radical (unpaired) electrons. The number of aliphatic hydroxyl groups is 1. The molecule has 190 valence electrons. The van der Waals surface area contributed by atoms with Gasteiger partial charge in [-0.05, 0) is 59.7 Å². The average molecular weight is 549 g/mol. The Balaban J connectivity index is 1.36. The molecule has 36 heavy (non-hydrogen) atoms. The fourth-order valence-corrected chi connectivity index (χ4v) is 8.77. The molecule has 3 unspecified atom stereocenters. The zero-order chi connectivity index (χ0) is 25.1. The zero-order valence-corrected chi connectivity index (χ0v) is 21.9. The van der Waals surface area contributed by atoms with Crippen LogP contribution in [-0.2, 0) is 39.9 Å². The van der Waals surface area contributed by atoms with Crippen molar-refractivity contribution in [1.29, 1.82) is 0 Å². The van der Waals surface area contributed by atoms with Crippen LogP contribution < -0.4 is 10.0 Å². The van der Waals surface area contributed by atoms with Crippen molar-refractivity contribution in [3.63, 3.8) is 0 Å². The van der Waals surface area contributed by atoms with E-state index in [1.54, 1.807) is 17.0 Å². The van der Waals surface area contributed by atoms with Gasteiger partial charge in [0.2, 0.25) is 0 Å². The maximum absolute atomic E-state index is 13.9. The predicted octanol–water partition coefficient (Wildman–Crippen LogP) is 3.39. The van der Waals surface area contributed by atoms with E-state index in [9.17, 15) is 22.7 Å². The number of hydrogen-bond donors (Lipinski definition) is 3. The molecule has 8 nitrogen and oxygen atoms in total. The highest BCUT2D eigenvalue weighted by Crippen LogP contribution is 2.55. The predicted molar refractivity (Wildman–Crippen MR) is 137 cm³/mol. The van der Waals surface area contributed by atoms with Crippen LogP contribution in [0.1, 0.15) is 30.4 Å². The van der Waals surface area contributed by atoms with Crippen molar-refractivity contribution in [2.45, 2.75) is 43.3 Å². The Hall–Kier alpha value is -2.41.